The minimum atomic E-state index is 0.00476. The number of hydrogen-bond donors (Lipinski definition) is 0. The van der Waals surface area contributed by atoms with Crippen LogP contribution in [0.25, 0.3) is 22.0 Å². The van der Waals surface area contributed by atoms with Crippen LogP contribution in [0, 0.1) is 13.8 Å². The Kier molecular flexibility index (Phi) is 2.26. The lowest BCUT2D eigenvalue weighted by molar-refractivity contribution is -0.737. The van der Waals surface area contributed by atoms with Crippen LogP contribution in [-0.4, -0.2) is 4.57 Å². The molecule has 0 unspecified atom stereocenters. The highest BCUT2D eigenvalue weighted by atomic mass is 15.2. The van der Waals surface area contributed by atoms with Gasteiger partial charge in [0.2, 0.25) is 0 Å². The summed E-state index contributed by atoms with van der Waals surface area (Å²) < 4.78 is 4.79. The van der Waals surface area contributed by atoms with Gasteiger partial charge in [-0.1, -0.05) is 24.3 Å². The van der Waals surface area contributed by atoms with E-state index < -0.39 is 0 Å². The van der Waals surface area contributed by atoms with Gasteiger partial charge in [0, 0.05) is 25.0 Å². The minimum Gasteiger partial charge on any atom is -0.234 e. The zero-order valence-corrected chi connectivity index (χ0v) is 13.4. The first-order valence-corrected chi connectivity index (χ1v) is 7.55. The molecule has 0 atom stereocenters. The molecule has 0 saturated heterocycles. The van der Waals surface area contributed by atoms with Gasteiger partial charge >= 0.3 is 0 Å². The van der Waals surface area contributed by atoms with E-state index in [1.807, 2.05) is 0 Å². The van der Waals surface area contributed by atoms with Crippen molar-refractivity contribution in [1.29, 1.82) is 0 Å². The molecule has 106 valence electrons. The van der Waals surface area contributed by atoms with E-state index in [0.717, 1.165) is 0 Å². The summed E-state index contributed by atoms with van der Waals surface area (Å²) in [7, 11) is 2.16. The molecule has 1 aliphatic rings. The molecule has 0 aliphatic carbocycles. The Labute approximate surface area is 125 Å². The van der Waals surface area contributed by atoms with Crippen molar-refractivity contribution in [2.75, 3.05) is 0 Å². The summed E-state index contributed by atoms with van der Waals surface area (Å²) in [6.07, 6.45) is 0. The maximum Gasteiger partial charge on any atom is 0.254 e. The molecule has 0 N–H and O–H groups in total. The predicted octanol–water partition coefficient (Wildman–Crippen LogP) is 3.85. The number of aromatic nitrogens is 2. The van der Waals surface area contributed by atoms with Gasteiger partial charge in [0.05, 0.1) is 7.05 Å². The standard InChI is InChI=1S/C19H21N2/c1-12-18-16-10-14-8-6-7-9-15(14)11-17(16)19(3,4)21(18)13(2)20(12)5/h6-11H,1-5H3/q+1. The van der Waals surface area contributed by atoms with E-state index in [0.29, 0.717) is 0 Å². The first-order chi connectivity index (χ1) is 9.93. The smallest absolute Gasteiger partial charge is 0.234 e. The number of imidazole rings is 1. The first kappa shape index (κ1) is 12.6. The van der Waals surface area contributed by atoms with Crippen LogP contribution in [0.3, 0.4) is 0 Å². The van der Waals surface area contributed by atoms with Crippen molar-refractivity contribution in [3.63, 3.8) is 0 Å². The monoisotopic (exact) mass is 277 g/mol. The van der Waals surface area contributed by atoms with Crippen LogP contribution in [0.4, 0.5) is 0 Å². The molecule has 0 fully saturated rings. The Bertz CT molecular complexity index is 898. The predicted molar refractivity (Wildman–Crippen MR) is 86.4 cm³/mol. The van der Waals surface area contributed by atoms with Crippen molar-refractivity contribution >= 4 is 10.8 Å². The SMILES string of the molecule is Cc1c2[n+](c(C)n1C)C(C)(C)c1cc3ccccc3cc1-2. The molecule has 0 saturated carbocycles. The van der Waals surface area contributed by atoms with Crippen molar-refractivity contribution in [2.45, 2.75) is 33.2 Å². The molecule has 2 aromatic carbocycles. The van der Waals surface area contributed by atoms with Crippen LogP contribution < -0.4 is 4.57 Å². The third-order valence-electron chi connectivity index (χ3n) is 5.24. The summed E-state index contributed by atoms with van der Waals surface area (Å²) in [5.41, 5.74) is 5.54. The Morgan fingerprint density at radius 1 is 1.00 bits per heavy atom. The fraction of sp³-hybridized carbons (Fsp3) is 0.316. The lowest BCUT2D eigenvalue weighted by Crippen LogP contribution is -2.52. The lowest BCUT2D eigenvalue weighted by Gasteiger charge is -2.19. The van der Waals surface area contributed by atoms with E-state index >= 15 is 0 Å². The summed E-state index contributed by atoms with van der Waals surface area (Å²) in [6, 6.07) is 13.4. The van der Waals surface area contributed by atoms with Gasteiger partial charge in [-0.25, -0.2) is 9.13 Å². The van der Waals surface area contributed by atoms with Crippen LogP contribution in [-0.2, 0) is 12.6 Å². The van der Waals surface area contributed by atoms with Crippen LogP contribution in [0.1, 0.15) is 30.9 Å². The highest BCUT2D eigenvalue weighted by Crippen LogP contribution is 2.41. The molecular formula is C19H21N2+. The molecule has 2 heteroatoms. The Morgan fingerprint density at radius 2 is 1.62 bits per heavy atom. The third kappa shape index (κ3) is 1.40. The number of fused-ring (bicyclic) bond motifs is 4. The highest BCUT2D eigenvalue weighted by Gasteiger charge is 2.45. The van der Waals surface area contributed by atoms with Gasteiger partial charge in [-0.15, -0.1) is 0 Å². The topological polar surface area (TPSA) is 8.81 Å². The molecule has 1 aliphatic heterocycles. The van der Waals surface area contributed by atoms with Crippen molar-refractivity contribution in [2.24, 2.45) is 7.05 Å². The van der Waals surface area contributed by atoms with Crippen LogP contribution in [0.15, 0.2) is 36.4 Å². The minimum absolute atomic E-state index is 0.00476. The van der Waals surface area contributed by atoms with Gasteiger partial charge < -0.3 is 0 Å². The van der Waals surface area contributed by atoms with Gasteiger partial charge in [0.25, 0.3) is 5.82 Å². The quantitative estimate of drug-likeness (QED) is 0.552. The summed E-state index contributed by atoms with van der Waals surface area (Å²) in [6.45, 7) is 9.08. The van der Waals surface area contributed by atoms with E-state index in [9.17, 15) is 0 Å². The average Bonchev–Trinajstić information content (AvgIpc) is 2.83. The molecule has 3 aromatic rings. The molecule has 0 radical (unpaired) electrons. The molecule has 0 spiro atoms. The maximum absolute atomic E-state index is 2.49. The molecular weight excluding hydrogens is 256 g/mol. The molecule has 0 bridgehead atoms. The molecule has 21 heavy (non-hydrogen) atoms. The van der Waals surface area contributed by atoms with E-state index in [1.165, 1.54) is 39.1 Å². The van der Waals surface area contributed by atoms with Gasteiger partial charge in [-0.05, 0) is 36.8 Å². The van der Waals surface area contributed by atoms with Crippen molar-refractivity contribution in [3.8, 4) is 11.3 Å². The molecule has 2 heterocycles. The number of nitrogens with zero attached hydrogens (tertiary/aromatic N) is 2. The molecule has 2 nitrogen and oxygen atoms in total. The van der Waals surface area contributed by atoms with Crippen molar-refractivity contribution in [3.05, 3.63) is 53.5 Å². The Morgan fingerprint density at radius 3 is 2.29 bits per heavy atom. The van der Waals surface area contributed by atoms with Gasteiger partial charge in [0.15, 0.2) is 5.69 Å². The van der Waals surface area contributed by atoms with E-state index in [4.69, 9.17) is 0 Å². The molecule has 1 aromatic heterocycles. The second-order valence-corrected chi connectivity index (χ2v) is 6.68. The molecule has 4 rings (SSSR count). The fourth-order valence-electron chi connectivity index (χ4n) is 3.94. The van der Waals surface area contributed by atoms with Crippen LogP contribution in [0.5, 0.6) is 0 Å². The lowest BCUT2D eigenvalue weighted by atomic mass is 9.90. The van der Waals surface area contributed by atoms with Gasteiger partial charge in [0.1, 0.15) is 11.2 Å². The average molecular weight is 277 g/mol. The highest BCUT2D eigenvalue weighted by molar-refractivity contribution is 5.89. The fourth-order valence-corrected chi connectivity index (χ4v) is 3.94. The normalized spacial score (nSPS) is 15.3. The summed E-state index contributed by atoms with van der Waals surface area (Å²) in [5.74, 6) is 1.31. The second-order valence-electron chi connectivity index (χ2n) is 6.68. The van der Waals surface area contributed by atoms with Crippen LogP contribution >= 0.6 is 0 Å². The summed E-state index contributed by atoms with van der Waals surface area (Å²) >= 11 is 0. The third-order valence-corrected chi connectivity index (χ3v) is 5.24. The first-order valence-electron chi connectivity index (χ1n) is 7.55. The largest absolute Gasteiger partial charge is 0.254 e. The molecule has 0 amide bonds. The van der Waals surface area contributed by atoms with Crippen LogP contribution in [0.2, 0.25) is 0 Å². The van der Waals surface area contributed by atoms with Gasteiger partial charge in [-0.3, -0.25) is 0 Å². The van der Waals surface area contributed by atoms with Crippen molar-refractivity contribution < 1.29 is 4.57 Å². The maximum atomic E-state index is 2.49. The zero-order valence-electron chi connectivity index (χ0n) is 13.4. The second kappa shape index (κ2) is 3.76. The van der Waals surface area contributed by atoms with Gasteiger partial charge in [-0.2, -0.15) is 0 Å². The number of benzene rings is 2. The van der Waals surface area contributed by atoms with E-state index in [-0.39, 0.29) is 5.54 Å². The van der Waals surface area contributed by atoms with E-state index in [1.54, 1.807) is 0 Å². The number of hydrogen-bond acceptors (Lipinski definition) is 0. The Hall–Kier alpha value is -2.09. The Balaban J connectivity index is 2.18. The number of rotatable bonds is 0. The summed E-state index contributed by atoms with van der Waals surface area (Å²) in [5, 5.41) is 2.65. The zero-order chi connectivity index (χ0) is 14.9. The summed E-state index contributed by atoms with van der Waals surface area (Å²) in [4.78, 5) is 0. The van der Waals surface area contributed by atoms with E-state index in [2.05, 4.69) is 80.3 Å². The van der Waals surface area contributed by atoms with Crippen molar-refractivity contribution in [1.82, 2.24) is 4.57 Å².